The van der Waals surface area contributed by atoms with E-state index in [-0.39, 0.29) is 17.6 Å². The third-order valence-electron chi connectivity index (χ3n) is 3.41. The number of ether oxygens (including phenoxy) is 1. The minimum Gasteiger partial charge on any atom is -0.494 e. The highest BCUT2D eigenvalue weighted by Gasteiger charge is 2.09. The first-order valence-corrected chi connectivity index (χ1v) is 6.58. The predicted octanol–water partition coefficient (Wildman–Crippen LogP) is 3.39. The van der Waals surface area contributed by atoms with Crippen LogP contribution >= 0.6 is 0 Å². The van der Waals surface area contributed by atoms with Crippen LogP contribution in [0, 0.1) is 12.7 Å². The molecule has 106 valence electrons. The summed E-state index contributed by atoms with van der Waals surface area (Å²) < 4.78 is 18.6. The highest BCUT2D eigenvalue weighted by Crippen LogP contribution is 2.22. The van der Waals surface area contributed by atoms with E-state index in [0.29, 0.717) is 0 Å². The standard InChI is InChI=1S/C16H19FN2O/c1-11-9-18-7-6-14(11)10-19-12(2)13-4-5-16(20-3)15(17)8-13/h4-9,12,19H,10H2,1-3H3. The van der Waals surface area contributed by atoms with E-state index in [1.807, 2.05) is 32.2 Å². The first-order valence-electron chi connectivity index (χ1n) is 6.58. The van der Waals surface area contributed by atoms with Crippen molar-refractivity contribution in [1.82, 2.24) is 10.3 Å². The topological polar surface area (TPSA) is 34.1 Å². The van der Waals surface area contributed by atoms with Crippen LogP contribution in [-0.2, 0) is 6.54 Å². The summed E-state index contributed by atoms with van der Waals surface area (Å²) >= 11 is 0. The van der Waals surface area contributed by atoms with Gasteiger partial charge in [-0.05, 0) is 48.7 Å². The number of hydrogen-bond acceptors (Lipinski definition) is 3. The molecule has 1 unspecified atom stereocenters. The summed E-state index contributed by atoms with van der Waals surface area (Å²) in [5.74, 6) is -0.0651. The lowest BCUT2D eigenvalue weighted by Gasteiger charge is -2.16. The van der Waals surface area contributed by atoms with Gasteiger partial charge in [-0.2, -0.15) is 0 Å². The molecule has 3 nitrogen and oxygen atoms in total. The third kappa shape index (κ3) is 3.33. The Balaban J connectivity index is 2.03. The minimum atomic E-state index is -0.334. The van der Waals surface area contributed by atoms with Crippen molar-refractivity contribution < 1.29 is 9.13 Å². The Morgan fingerprint density at radius 1 is 1.35 bits per heavy atom. The summed E-state index contributed by atoms with van der Waals surface area (Å²) in [5.41, 5.74) is 3.24. The lowest BCUT2D eigenvalue weighted by atomic mass is 10.1. The Morgan fingerprint density at radius 3 is 2.80 bits per heavy atom. The molecule has 0 spiro atoms. The summed E-state index contributed by atoms with van der Waals surface area (Å²) in [6.45, 7) is 4.77. The maximum atomic E-state index is 13.7. The number of hydrogen-bond donors (Lipinski definition) is 1. The molecule has 0 saturated carbocycles. The van der Waals surface area contributed by atoms with Crippen molar-refractivity contribution in [2.24, 2.45) is 0 Å². The summed E-state index contributed by atoms with van der Waals surface area (Å²) in [7, 11) is 1.46. The van der Waals surface area contributed by atoms with Crippen molar-refractivity contribution in [2.75, 3.05) is 7.11 Å². The molecule has 0 aliphatic rings. The van der Waals surface area contributed by atoms with Crippen LogP contribution in [0.5, 0.6) is 5.75 Å². The van der Waals surface area contributed by atoms with Crippen LogP contribution in [-0.4, -0.2) is 12.1 Å². The lowest BCUT2D eigenvalue weighted by Crippen LogP contribution is -2.18. The Hall–Kier alpha value is -1.94. The maximum absolute atomic E-state index is 13.7. The molecule has 4 heteroatoms. The third-order valence-corrected chi connectivity index (χ3v) is 3.41. The normalized spacial score (nSPS) is 12.2. The molecule has 1 aromatic carbocycles. The van der Waals surface area contributed by atoms with Crippen LogP contribution in [0.4, 0.5) is 4.39 Å². The number of aryl methyl sites for hydroxylation is 1. The van der Waals surface area contributed by atoms with E-state index in [4.69, 9.17) is 4.74 Å². The molecule has 1 N–H and O–H groups in total. The van der Waals surface area contributed by atoms with Gasteiger partial charge in [0.1, 0.15) is 0 Å². The summed E-state index contributed by atoms with van der Waals surface area (Å²) in [6, 6.07) is 7.09. The number of methoxy groups -OCH3 is 1. The molecular formula is C16H19FN2O. The molecule has 1 aromatic heterocycles. The molecular weight excluding hydrogens is 255 g/mol. The van der Waals surface area contributed by atoms with Gasteiger partial charge in [-0.1, -0.05) is 6.07 Å². The van der Waals surface area contributed by atoms with Crippen molar-refractivity contribution in [3.8, 4) is 5.75 Å². The first kappa shape index (κ1) is 14.5. The average Bonchev–Trinajstić information content (AvgIpc) is 2.46. The predicted molar refractivity (Wildman–Crippen MR) is 77.2 cm³/mol. The molecule has 20 heavy (non-hydrogen) atoms. The van der Waals surface area contributed by atoms with Gasteiger partial charge in [0.15, 0.2) is 11.6 Å². The zero-order valence-corrected chi connectivity index (χ0v) is 12.0. The fourth-order valence-electron chi connectivity index (χ4n) is 2.03. The Labute approximate surface area is 118 Å². The fourth-order valence-corrected chi connectivity index (χ4v) is 2.03. The van der Waals surface area contributed by atoms with E-state index in [0.717, 1.165) is 17.7 Å². The number of nitrogens with one attached hydrogen (secondary N) is 1. The molecule has 2 aromatic rings. The lowest BCUT2D eigenvalue weighted by molar-refractivity contribution is 0.385. The maximum Gasteiger partial charge on any atom is 0.165 e. The first-order chi connectivity index (χ1) is 9.61. The SMILES string of the molecule is COc1ccc(C(C)NCc2ccncc2C)cc1F. The largest absolute Gasteiger partial charge is 0.494 e. The van der Waals surface area contributed by atoms with Gasteiger partial charge < -0.3 is 10.1 Å². The summed E-state index contributed by atoms with van der Waals surface area (Å²) in [4.78, 5) is 4.07. The molecule has 0 fully saturated rings. The van der Waals surface area contributed by atoms with Gasteiger partial charge in [0.2, 0.25) is 0 Å². The van der Waals surface area contributed by atoms with Gasteiger partial charge in [0.25, 0.3) is 0 Å². The Bertz CT molecular complexity index is 586. The van der Waals surface area contributed by atoms with Crippen LogP contribution in [0.2, 0.25) is 0 Å². The van der Waals surface area contributed by atoms with Gasteiger partial charge in [0, 0.05) is 25.0 Å². The van der Waals surface area contributed by atoms with Crippen LogP contribution < -0.4 is 10.1 Å². The van der Waals surface area contributed by atoms with Crippen LogP contribution in [0.3, 0.4) is 0 Å². The van der Waals surface area contributed by atoms with Crippen molar-refractivity contribution in [1.29, 1.82) is 0 Å². The Morgan fingerprint density at radius 2 is 2.15 bits per heavy atom. The molecule has 0 saturated heterocycles. The fraction of sp³-hybridized carbons (Fsp3) is 0.312. The number of halogens is 1. The van der Waals surface area contributed by atoms with E-state index in [2.05, 4.69) is 10.3 Å². The van der Waals surface area contributed by atoms with Gasteiger partial charge >= 0.3 is 0 Å². The smallest absolute Gasteiger partial charge is 0.165 e. The monoisotopic (exact) mass is 274 g/mol. The average molecular weight is 274 g/mol. The number of benzene rings is 1. The zero-order chi connectivity index (χ0) is 14.5. The molecule has 0 bridgehead atoms. The molecule has 1 heterocycles. The van der Waals surface area contributed by atoms with Crippen LogP contribution in [0.1, 0.15) is 29.7 Å². The number of rotatable bonds is 5. The van der Waals surface area contributed by atoms with Crippen LogP contribution in [0.15, 0.2) is 36.7 Å². The van der Waals surface area contributed by atoms with E-state index in [1.54, 1.807) is 12.3 Å². The van der Waals surface area contributed by atoms with Crippen LogP contribution in [0.25, 0.3) is 0 Å². The Kier molecular flexibility index (Phi) is 4.69. The summed E-state index contributed by atoms with van der Waals surface area (Å²) in [6.07, 6.45) is 3.62. The van der Waals surface area contributed by atoms with E-state index in [9.17, 15) is 4.39 Å². The van der Waals surface area contributed by atoms with Crippen molar-refractivity contribution in [3.63, 3.8) is 0 Å². The second kappa shape index (κ2) is 6.48. The molecule has 0 aliphatic heterocycles. The van der Waals surface area contributed by atoms with Gasteiger partial charge in [-0.25, -0.2) is 4.39 Å². The number of aromatic nitrogens is 1. The van der Waals surface area contributed by atoms with Crippen molar-refractivity contribution >= 4 is 0 Å². The quantitative estimate of drug-likeness (QED) is 0.907. The molecule has 0 radical (unpaired) electrons. The number of pyridine rings is 1. The minimum absolute atomic E-state index is 0.0583. The van der Waals surface area contributed by atoms with E-state index < -0.39 is 0 Å². The molecule has 2 rings (SSSR count). The van der Waals surface area contributed by atoms with E-state index in [1.165, 1.54) is 18.7 Å². The molecule has 1 atom stereocenters. The second-order valence-electron chi connectivity index (χ2n) is 4.80. The zero-order valence-electron chi connectivity index (χ0n) is 12.0. The van der Waals surface area contributed by atoms with Gasteiger partial charge in [-0.15, -0.1) is 0 Å². The second-order valence-corrected chi connectivity index (χ2v) is 4.80. The number of nitrogens with zero attached hydrogens (tertiary/aromatic N) is 1. The van der Waals surface area contributed by atoms with Gasteiger partial charge in [0.05, 0.1) is 7.11 Å². The van der Waals surface area contributed by atoms with Gasteiger partial charge in [-0.3, -0.25) is 4.98 Å². The molecule has 0 amide bonds. The van der Waals surface area contributed by atoms with E-state index >= 15 is 0 Å². The van der Waals surface area contributed by atoms with Crippen molar-refractivity contribution in [3.05, 3.63) is 59.2 Å². The van der Waals surface area contributed by atoms with Crippen molar-refractivity contribution in [2.45, 2.75) is 26.4 Å². The highest BCUT2D eigenvalue weighted by atomic mass is 19.1. The molecule has 0 aliphatic carbocycles. The highest BCUT2D eigenvalue weighted by molar-refractivity contribution is 5.31. The summed E-state index contributed by atoms with van der Waals surface area (Å²) in [5, 5.41) is 3.39.